The lowest BCUT2D eigenvalue weighted by atomic mass is 10.3. The molecule has 0 amide bonds. The first-order valence-corrected chi connectivity index (χ1v) is 8.18. The summed E-state index contributed by atoms with van der Waals surface area (Å²) in [5.41, 5.74) is 0.133. The molecule has 7 nitrogen and oxygen atoms in total. The Balaban J connectivity index is 1.89. The predicted octanol–water partition coefficient (Wildman–Crippen LogP) is 2.97. The number of aromatic nitrogens is 3. The van der Waals surface area contributed by atoms with E-state index in [2.05, 4.69) is 19.9 Å². The molecule has 0 fully saturated rings. The van der Waals surface area contributed by atoms with E-state index in [-0.39, 0.29) is 21.5 Å². The van der Waals surface area contributed by atoms with Crippen molar-refractivity contribution >= 4 is 27.3 Å². The maximum Gasteiger partial charge on any atom is 0.264 e. The van der Waals surface area contributed by atoms with Crippen LogP contribution in [0.1, 0.15) is 5.89 Å². The van der Waals surface area contributed by atoms with Crippen LogP contribution in [0.15, 0.2) is 39.8 Å². The van der Waals surface area contributed by atoms with Gasteiger partial charge >= 0.3 is 0 Å². The molecule has 0 saturated heterocycles. The summed E-state index contributed by atoms with van der Waals surface area (Å²) in [7, 11) is -3.98. The van der Waals surface area contributed by atoms with E-state index >= 15 is 0 Å². The predicted molar refractivity (Wildman–Crippen MR) is 81.0 cm³/mol. The summed E-state index contributed by atoms with van der Waals surface area (Å²) < 4.78 is 45.7. The first-order valence-electron chi connectivity index (χ1n) is 6.32. The van der Waals surface area contributed by atoms with Crippen LogP contribution < -0.4 is 4.72 Å². The number of nitrogens with one attached hydrogen (secondary N) is 2. The lowest BCUT2D eigenvalue weighted by molar-refractivity contribution is 0.531. The molecule has 0 radical (unpaired) electrons. The number of halogens is 2. The number of anilines is 1. The summed E-state index contributed by atoms with van der Waals surface area (Å²) in [5, 5.41) is 7.61. The lowest BCUT2D eigenvalue weighted by Crippen LogP contribution is -2.13. The maximum atomic E-state index is 13.7. The van der Waals surface area contributed by atoms with Crippen LogP contribution in [0, 0.1) is 12.7 Å². The van der Waals surface area contributed by atoms with Crippen molar-refractivity contribution in [3.8, 4) is 11.6 Å². The Morgan fingerprint density at radius 3 is 2.74 bits per heavy atom. The van der Waals surface area contributed by atoms with Gasteiger partial charge in [-0.2, -0.15) is 0 Å². The van der Waals surface area contributed by atoms with Gasteiger partial charge in [0.2, 0.25) is 5.89 Å². The molecule has 0 saturated carbocycles. The van der Waals surface area contributed by atoms with Gasteiger partial charge in [-0.15, -0.1) is 10.2 Å². The average Bonchev–Trinajstić information content (AvgIpc) is 3.10. The van der Waals surface area contributed by atoms with Crippen molar-refractivity contribution in [2.24, 2.45) is 0 Å². The third-order valence-electron chi connectivity index (χ3n) is 2.90. The second kappa shape index (κ2) is 5.67. The molecule has 0 aliphatic rings. The molecule has 2 aromatic heterocycles. The second-order valence-electron chi connectivity index (χ2n) is 4.60. The smallest absolute Gasteiger partial charge is 0.264 e. The molecule has 10 heteroatoms. The van der Waals surface area contributed by atoms with Crippen LogP contribution in [0.25, 0.3) is 11.6 Å². The number of benzene rings is 1. The number of hydrogen-bond acceptors (Lipinski definition) is 5. The zero-order valence-electron chi connectivity index (χ0n) is 11.7. The van der Waals surface area contributed by atoms with E-state index in [9.17, 15) is 12.8 Å². The van der Waals surface area contributed by atoms with Gasteiger partial charge in [0.05, 0.1) is 5.69 Å². The topological polar surface area (TPSA) is 101 Å². The molecule has 0 spiro atoms. The Bertz CT molecular complexity index is 967. The molecule has 2 N–H and O–H groups in total. The highest BCUT2D eigenvalue weighted by Gasteiger charge is 2.20. The van der Waals surface area contributed by atoms with Gasteiger partial charge in [0, 0.05) is 18.1 Å². The fourth-order valence-electron chi connectivity index (χ4n) is 1.83. The molecule has 0 aliphatic carbocycles. The summed E-state index contributed by atoms with van der Waals surface area (Å²) in [5.74, 6) is -0.272. The number of rotatable bonds is 4. The molecule has 2 heterocycles. The number of hydrogen-bond donors (Lipinski definition) is 2. The third-order valence-corrected chi connectivity index (χ3v) is 4.48. The Morgan fingerprint density at radius 1 is 1.30 bits per heavy atom. The Labute approximate surface area is 135 Å². The minimum Gasteiger partial charge on any atom is -0.420 e. The molecule has 3 aromatic rings. The zero-order chi connectivity index (χ0) is 16.6. The summed E-state index contributed by atoms with van der Waals surface area (Å²) in [6, 6.07) is 4.95. The number of nitrogens with zero attached hydrogens (tertiary/aromatic N) is 2. The number of sulfonamides is 1. The average molecular weight is 357 g/mol. The molecule has 0 unspecified atom stereocenters. The summed E-state index contributed by atoms with van der Waals surface area (Å²) in [6.45, 7) is 1.61. The normalized spacial score (nSPS) is 11.6. The zero-order valence-corrected chi connectivity index (χ0v) is 13.2. The van der Waals surface area contributed by atoms with Crippen molar-refractivity contribution in [2.75, 3.05) is 4.72 Å². The quantitative estimate of drug-likeness (QED) is 0.748. The Hall–Kier alpha value is -2.39. The summed E-state index contributed by atoms with van der Waals surface area (Å²) in [4.78, 5) is 2.62. The van der Waals surface area contributed by atoms with Crippen LogP contribution >= 0.6 is 11.6 Å². The molecular weight excluding hydrogens is 347 g/mol. The third kappa shape index (κ3) is 3.20. The molecule has 0 aliphatic heterocycles. The molecule has 3 rings (SSSR count). The monoisotopic (exact) mass is 356 g/mol. The molecule has 120 valence electrons. The van der Waals surface area contributed by atoms with Gasteiger partial charge in [0.25, 0.3) is 15.9 Å². The van der Waals surface area contributed by atoms with Crippen molar-refractivity contribution in [2.45, 2.75) is 11.8 Å². The van der Waals surface area contributed by atoms with Crippen molar-refractivity contribution < 1.29 is 17.2 Å². The van der Waals surface area contributed by atoms with Crippen molar-refractivity contribution in [1.82, 2.24) is 15.2 Å². The fourth-order valence-corrected chi connectivity index (χ4v) is 3.05. The lowest BCUT2D eigenvalue weighted by Gasteiger charge is -2.07. The number of H-pyrrole nitrogens is 1. The first-order chi connectivity index (χ1) is 10.8. The van der Waals surface area contributed by atoms with Crippen LogP contribution in [0.4, 0.5) is 10.1 Å². The summed E-state index contributed by atoms with van der Waals surface area (Å²) >= 11 is 5.63. The second-order valence-corrected chi connectivity index (χ2v) is 6.72. The molecule has 1 aromatic carbocycles. The highest BCUT2D eigenvalue weighted by atomic mass is 35.5. The van der Waals surface area contributed by atoms with E-state index in [4.69, 9.17) is 16.0 Å². The van der Waals surface area contributed by atoms with E-state index in [1.54, 1.807) is 6.92 Å². The molecule has 0 atom stereocenters. The Kier molecular flexibility index (Phi) is 3.82. The van der Waals surface area contributed by atoms with Gasteiger partial charge in [0.1, 0.15) is 16.4 Å². The van der Waals surface area contributed by atoms with Crippen LogP contribution in [-0.2, 0) is 10.0 Å². The van der Waals surface area contributed by atoms with Crippen LogP contribution in [0.2, 0.25) is 5.02 Å². The van der Waals surface area contributed by atoms with E-state index in [0.29, 0.717) is 11.6 Å². The SMILES string of the molecule is Cc1nnc(-c2cc(S(=O)(=O)Nc3ccc(Cl)cc3F)c[nH]2)o1. The van der Waals surface area contributed by atoms with Crippen LogP contribution in [0.3, 0.4) is 0 Å². The highest BCUT2D eigenvalue weighted by molar-refractivity contribution is 7.92. The standard InChI is InChI=1S/C13H10ClFN4O3S/c1-7-17-18-13(22-7)12-5-9(6-16-12)23(20,21)19-11-3-2-8(14)4-10(11)15/h2-6,16,19H,1H3. The van der Waals surface area contributed by atoms with Crippen LogP contribution in [-0.4, -0.2) is 23.6 Å². The van der Waals surface area contributed by atoms with Gasteiger partial charge in [-0.25, -0.2) is 12.8 Å². The Morgan fingerprint density at radius 2 is 2.09 bits per heavy atom. The van der Waals surface area contributed by atoms with Gasteiger partial charge in [0.15, 0.2) is 0 Å². The van der Waals surface area contributed by atoms with Crippen molar-refractivity contribution in [3.63, 3.8) is 0 Å². The molecule has 0 bridgehead atoms. The minimum atomic E-state index is -3.98. The van der Waals surface area contributed by atoms with Gasteiger partial charge in [-0.05, 0) is 24.3 Å². The number of aromatic amines is 1. The van der Waals surface area contributed by atoms with E-state index < -0.39 is 15.8 Å². The largest absolute Gasteiger partial charge is 0.420 e. The van der Waals surface area contributed by atoms with Gasteiger partial charge in [-0.1, -0.05) is 11.6 Å². The molecule has 23 heavy (non-hydrogen) atoms. The van der Waals surface area contributed by atoms with Gasteiger partial charge < -0.3 is 9.40 Å². The van der Waals surface area contributed by atoms with E-state index in [1.165, 1.54) is 24.4 Å². The van der Waals surface area contributed by atoms with E-state index in [0.717, 1.165) is 6.07 Å². The fraction of sp³-hybridized carbons (Fsp3) is 0.0769. The van der Waals surface area contributed by atoms with Crippen molar-refractivity contribution in [3.05, 3.63) is 47.2 Å². The first kappa shape index (κ1) is 15.5. The van der Waals surface area contributed by atoms with Crippen molar-refractivity contribution in [1.29, 1.82) is 0 Å². The van der Waals surface area contributed by atoms with Crippen LogP contribution in [0.5, 0.6) is 0 Å². The minimum absolute atomic E-state index is 0.0993. The maximum absolute atomic E-state index is 13.7. The van der Waals surface area contributed by atoms with E-state index in [1.807, 2.05) is 0 Å². The van der Waals surface area contributed by atoms with Gasteiger partial charge in [-0.3, -0.25) is 4.72 Å². The highest BCUT2D eigenvalue weighted by Crippen LogP contribution is 2.24. The number of aryl methyl sites for hydroxylation is 1. The summed E-state index contributed by atoms with van der Waals surface area (Å²) in [6.07, 6.45) is 1.24. The molecular formula is C13H10ClFN4O3S.